The van der Waals surface area contributed by atoms with Crippen LogP contribution in [0.5, 0.6) is 0 Å². The smallest absolute Gasteiger partial charge is 0.431 e. The van der Waals surface area contributed by atoms with Crippen molar-refractivity contribution < 1.29 is 29.2 Å². The molecule has 10 nitrogen and oxygen atoms in total. The maximum absolute atomic E-state index is 12.3. The first-order valence-electron chi connectivity index (χ1n) is 10.7. The average Bonchev–Trinajstić information content (AvgIpc) is 3.18. The van der Waals surface area contributed by atoms with Crippen LogP contribution in [0.2, 0.25) is 0 Å². The van der Waals surface area contributed by atoms with Gasteiger partial charge < -0.3 is 30.2 Å². The van der Waals surface area contributed by atoms with Crippen LogP contribution in [0, 0.1) is 0 Å². The van der Waals surface area contributed by atoms with Crippen LogP contribution in [-0.2, 0) is 19.8 Å². The summed E-state index contributed by atoms with van der Waals surface area (Å²) in [5.41, 5.74) is 5.11. The van der Waals surface area contributed by atoms with E-state index < -0.39 is 35.7 Å². The summed E-state index contributed by atoms with van der Waals surface area (Å²) in [4.78, 5) is 16.2. The summed E-state index contributed by atoms with van der Waals surface area (Å²) in [6.07, 6.45) is 2.93. The highest BCUT2D eigenvalue weighted by Crippen LogP contribution is 2.40. The molecular weight excluding hydrogens is 404 g/mol. The van der Waals surface area contributed by atoms with Crippen LogP contribution in [0.25, 0.3) is 5.52 Å². The van der Waals surface area contributed by atoms with Crippen molar-refractivity contribution in [3.8, 4) is 0 Å². The standard InChI is InChI=1S/C21H30N4O6/c1-20(9-5-3-4-6-10-20)31-19(28)29-11-14-16(26)17(27)21(2,30-14)15-8-7-13-18(22)23-12-24-25(13)15/h7-8,12,14,16-17,26-27H,3-6,9-11H2,1-2H3,(H2,22,23,24)/t14-,16-,17-,21+/m1/s1. The second-order valence-electron chi connectivity index (χ2n) is 8.89. The maximum Gasteiger partial charge on any atom is 0.508 e. The molecule has 0 bridgehead atoms. The van der Waals surface area contributed by atoms with Gasteiger partial charge in [-0.1, -0.05) is 12.8 Å². The summed E-state index contributed by atoms with van der Waals surface area (Å²) >= 11 is 0. The van der Waals surface area contributed by atoms with Gasteiger partial charge >= 0.3 is 6.16 Å². The lowest BCUT2D eigenvalue weighted by atomic mass is 9.93. The molecule has 0 spiro atoms. The predicted octanol–water partition coefficient (Wildman–Crippen LogP) is 1.91. The van der Waals surface area contributed by atoms with Crippen LogP contribution in [0.4, 0.5) is 10.6 Å². The van der Waals surface area contributed by atoms with Gasteiger partial charge in [-0.2, -0.15) is 5.10 Å². The van der Waals surface area contributed by atoms with E-state index in [1.807, 2.05) is 6.92 Å². The molecule has 4 atom stereocenters. The normalized spacial score (nSPS) is 30.8. The Kier molecular flexibility index (Phi) is 5.80. The summed E-state index contributed by atoms with van der Waals surface area (Å²) in [6, 6.07) is 3.42. The second-order valence-corrected chi connectivity index (χ2v) is 8.89. The third-order valence-corrected chi connectivity index (χ3v) is 6.51. The van der Waals surface area contributed by atoms with Gasteiger partial charge in [0.2, 0.25) is 0 Å². The number of carbonyl (C=O) groups is 1. The third-order valence-electron chi connectivity index (χ3n) is 6.51. The van der Waals surface area contributed by atoms with Crippen molar-refractivity contribution in [1.29, 1.82) is 0 Å². The first kappa shape index (κ1) is 21.8. The zero-order valence-electron chi connectivity index (χ0n) is 17.9. The van der Waals surface area contributed by atoms with Gasteiger partial charge in [-0.15, -0.1) is 0 Å². The summed E-state index contributed by atoms with van der Waals surface area (Å²) < 4.78 is 18.4. The molecule has 2 aromatic heterocycles. The lowest BCUT2D eigenvalue weighted by Crippen LogP contribution is -2.39. The molecule has 0 amide bonds. The number of hydrogen-bond donors (Lipinski definition) is 3. The number of nitrogens with zero attached hydrogens (tertiary/aromatic N) is 3. The molecule has 0 unspecified atom stereocenters. The van der Waals surface area contributed by atoms with Crippen molar-refractivity contribution in [1.82, 2.24) is 14.6 Å². The highest BCUT2D eigenvalue weighted by molar-refractivity contribution is 5.65. The fourth-order valence-electron chi connectivity index (χ4n) is 4.62. The van der Waals surface area contributed by atoms with Crippen LogP contribution in [-0.4, -0.2) is 61.5 Å². The van der Waals surface area contributed by atoms with E-state index in [4.69, 9.17) is 19.9 Å². The molecule has 2 aromatic rings. The molecule has 0 aromatic carbocycles. The zero-order chi connectivity index (χ0) is 22.2. The van der Waals surface area contributed by atoms with Gasteiger partial charge in [0, 0.05) is 0 Å². The number of aliphatic hydroxyl groups is 2. The minimum absolute atomic E-state index is 0.247. The fourth-order valence-corrected chi connectivity index (χ4v) is 4.62. The Balaban J connectivity index is 1.43. The molecule has 1 aliphatic carbocycles. The number of hydrogen-bond acceptors (Lipinski definition) is 9. The molecule has 4 rings (SSSR count). The largest absolute Gasteiger partial charge is 0.508 e. The van der Waals surface area contributed by atoms with Crippen LogP contribution >= 0.6 is 0 Å². The van der Waals surface area contributed by atoms with E-state index in [1.54, 1.807) is 19.1 Å². The number of carbonyl (C=O) groups excluding carboxylic acids is 1. The van der Waals surface area contributed by atoms with Gasteiger partial charge in [0.1, 0.15) is 48.0 Å². The highest BCUT2D eigenvalue weighted by Gasteiger charge is 2.54. The zero-order valence-corrected chi connectivity index (χ0v) is 17.9. The van der Waals surface area contributed by atoms with Crippen LogP contribution in [0.1, 0.15) is 58.1 Å². The highest BCUT2D eigenvalue weighted by atomic mass is 16.7. The molecule has 2 fully saturated rings. The molecule has 170 valence electrons. The minimum atomic E-state index is -1.29. The fraction of sp³-hybridized carbons (Fsp3) is 0.667. The minimum Gasteiger partial charge on any atom is -0.431 e. The first-order chi connectivity index (χ1) is 14.7. The van der Waals surface area contributed by atoms with Crippen molar-refractivity contribution in [2.75, 3.05) is 12.3 Å². The molecule has 1 saturated heterocycles. The number of nitrogens with two attached hydrogens (primary N) is 1. The Labute approximate surface area is 180 Å². The molecular formula is C21H30N4O6. The summed E-state index contributed by atoms with van der Waals surface area (Å²) in [6.45, 7) is 3.32. The molecule has 2 aliphatic rings. The molecule has 31 heavy (non-hydrogen) atoms. The van der Waals surface area contributed by atoms with Crippen LogP contribution in [0.15, 0.2) is 18.5 Å². The van der Waals surface area contributed by atoms with Crippen molar-refractivity contribution in [2.45, 2.75) is 81.9 Å². The van der Waals surface area contributed by atoms with Gasteiger partial charge in [0.25, 0.3) is 0 Å². The number of fused-ring (bicyclic) bond motifs is 1. The van der Waals surface area contributed by atoms with Gasteiger partial charge in [-0.3, -0.25) is 0 Å². The average molecular weight is 434 g/mol. The Morgan fingerprint density at radius 3 is 2.68 bits per heavy atom. The monoisotopic (exact) mass is 434 g/mol. The third kappa shape index (κ3) is 4.07. The lowest BCUT2D eigenvalue weighted by molar-refractivity contribution is -0.100. The Hall–Kier alpha value is -2.43. The van der Waals surface area contributed by atoms with E-state index in [1.165, 1.54) is 10.8 Å². The molecule has 10 heteroatoms. The van der Waals surface area contributed by atoms with E-state index in [9.17, 15) is 15.0 Å². The van der Waals surface area contributed by atoms with E-state index in [2.05, 4.69) is 10.1 Å². The van der Waals surface area contributed by atoms with E-state index in [0.29, 0.717) is 11.2 Å². The van der Waals surface area contributed by atoms with E-state index in [0.717, 1.165) is 38.5 Å². The SMILES string of the molecule is CC1(OC(=O)OC[C@H]2O[C@@](C)(c3ccc4c(N)ncnn34)[C@H](O)[C@@H]2O)CCCCCC1. The number of aliphatic hydroxyl groups excluding tert-OH is 2. The maximum atomic E-state index is 12.3. The van der Waals surface area contributed by atoms with Gasteiger partial charge in [-0.05, 0) is 51.7 Å². The number of anilines is 1. The first-order valence-corrected chi connectivity index (χ1v) is 10.7. The number of aromatic nitrogens is 3. The van der Waals surface area contributed by atoms with Crippen LogP contribution in [0.3, 0.4) is 0 Å². The topological polar surface area (TPSA) is 141 Å². The Bertz CT molecular complexity index is 941. The number of rotatable bonds is 4. The van der Waals surface area contributed by atoms with Crippen LogP contribution < -0.4 is 5.73 Å². The lowest BCUT2D eigenvalue weighted by Gasteiger charge is -2.28. The Morgan fingerprint density at radius 1 is 1.26 bits per heavy atom. The molecule has 1 aliphatic heterocycles. The Morgan fingerprint density at radius 2 is 1.97 bits per heavy atom. The number of ether oxygens (including phenoxy) is 3. The van der Waals surface area contributed by atoms with Crippen molar-refractivity contribution in [2.24, 2.45) is 0 Å². The molecule has 0 radical (unpaired) electrons. The van der Waals surface area contributed by atoms with E-state index in [-0.39, 0.29) is 12.4 Å². The summed E-state index contributed by atoms with van der Waals surface area (Å²) in [5.74, 6) is 0.285. The van der Waals surface area contributed by atoms with E-state index >= 15 is 0 Å². The quantitative estimate of drug-likeness (QED) is 0.486. The molecule has 4 N–H and O–H groups in total. The van der Waals surface area contributed by atoms with Crippen molar-refractivity contribution in [3.63, 3.8) is 0 Å². The molecule has 3 heterocycles. The molecule has 1 saturated carbocycles. The van der Waals surface area contributed by atoms with Gasteiger partial charge in [0.15, 0.2) is 5.82 Å². The predicted molar refractivity (Wildman–Crippen MR) is 110 cm³/mol. The second kappa shape index (κ2) is 8.25. The van der Waals surface area contributed by atoms with Crippen molar-refractivity contribution >= 4 is 17.5 Å². The van der Waals surface area contributed by atoms with Crippen molar-refractivity contribution in [3.05, 3.63) is 24.2 Å². The number of nitrogen functional groups attached to an aromatic ring is 1. The summed E-state index contributed by atoms with van der Waals surface area (Å²) in [5, 5.41) is 25.5. The van der Waals surface area contributed by atoms with Gasteiger partial charge in [-0.25, -0.2) is 14.3 Å². The van der Waals surface area contributed by atoms with Gasteiger partial charge in [0.05, 0.1) is 5.69 Å². The summed E-state index contributed by atoms with van der Waals surface area (Å²) in [7, 11) is 0.